The van der Waals surface area contributed by atoms with E-state index in [1.807, 2.05) is 0 Å². The average Bonchev–Trinajstić information content (AvgIpc) is 2.17. The van der Waals surface area contributed by atoms with E-state index >= 15 is 0 Å². The van der Waals surface area contributed by atoms with Gasteiger partial charge in [0.25, 0.3) is 0 Å². The highest BCUT2D eigenvalue weighted by Gasteiger charge is 2.09. The lowest BCUT2D eigenvalue weighted by molar-refractivity contribution is -0.118. The van der Waals surface area contributed by atoms with E-state index in [-0.39, 0.29) is 6.54 Å². The molecule has 0 atom stereocenters. The molecule has 12 heavy (non-hydrogen) atoms. The largest absolute Gasteiger partial charge is 0.368 e. The number of amides is 1. The number of primary amides is 1. The van der Waals surface area contributed by atoms with Crippen LogP contribution in [0.3, 0.4) is 0 Å². The van der Waals surface area contributed by atoms with Gasteiger partial charge in [-0.25, -0.2) is 0 Å². The minimum atomic E-state index is -0.419. The third-order valence-electron chi connectivity index (χ3n) is 1.60. The van der Waals surface area contributed by atoms with Crippen LogP contribution in [-0.4, -0.2) is 15.7 Å². The molecule has 1 rings (SSSR count). The summed E-state index contributed by atoms with van der Waals surface area (Å²) in [5.41, 5.74) is 6.50. The van der Waals surface area contributed by atoms with E-state index in [0.717, 1.165) is 11.4 Å². The van der Waals surface area contributed by atoms with Crippen LogP contribution in [0.5, 0.6) is 0 Å². The number of carbonyl (C=O) groups excluding carboxylic acids is 1. The van der Waals surface area contributed by atoms with E-state index in [0.29, 0.717) is 5.02 Å². The fourth-order valence-corrected chi connectivity index (χ4v) is 1.11. The topological polar surface area (TPSA) is 60.9 Å². The summed E-state index contributed by atoms with van der Waals surface area (Å²) < 4.78 is 1.50. The van der Waals surface area contributed by atoms with Crippen LogP contribution < -0.4 is 5.73 Å². The van der Waals surface area contributed by atoms with Gasteiger partial charge >= 0.3 is 0 Å². The maximum Gasteiger partial charge on any atom is 0.239 e. The highest BCUT2D eigenvalue weighted by atomic mass is 35.5. The second-order valence-electron chi connectivity index (χ2n) is 2.61. The minimum Gasteiger partial charge on any atom is -0.368 e. The van der Waals surface area contributed by atoms with Crippen LogP contribution in [0, 0.1) is 13.8 Å². The van der Waals surface area contributed by atoms with Crippen molar-refractivity contribution in [3.8, 4) is 0 Å². The lowest BCUT2D eigenvalue weighted by Crippen LogP contribution is -2.20. The van der Waals surface area contributed by atoms with E-state index in [2.05, 4.69) is 5.10 Å². The molecule has 0 unspecified atom stereocenters. The predicted octanol–water partition coefficient (Wildman–Crippen LogP) is 0.639. The van der Waals surface area contributed by atoms with Gasteiger partial charge in [-0.15, -0.1) is 0 Å². The van der Waals surface area contributed by atoms with Gasteiger partial charge in [-0.3, -0.25) is 9.48 Å². The normalized spacial score (nSPS) is 10.2. The Balaban J connectivity index is 3.01. The van der Waals surface area contributed by atoms with Gasteiger partial charge in [0.2, 0.25) is 5.91 Å². The molecule has 1 aromatic heterocycles. The summed E-state index contributed by atoms with van der Waals surface area (Å²) in [6.07, 6.45) is 0. The molecule has 1 aromatic rings. The van der Waals surface area contributed by atoms with Crippen LogP contribution in [0.1, 0.15) is 11.4 Å². The lowest BCUT2D eigenvalue weighted by atomic mass is 10.4. The zero-order valence-corrected chi connectivity index (χ0v) is 7.72. The summed E-state index contributed by atoms with van der Waals surface area (Å²) >= 11 is 5.85. The van der Waals surface area contributed by atoms with Crippen LogP contribution in [0.25, 0.3) is 0 Å². The van der Waals surface area contributed by atoms with Gasteiger partial charge in [-0.1, -0.05) is 11.6 Å². The molecule has 2 N–H and O–H groups in total. The molecular formula is C7H10ClN3O. The molecule has 1 heterocycles. The molecule has 0 saturated carbocycles. The lowest BCUT2D eigenvalue weighted by Gasteiger charge is -1.98. The van der Waals surface area contributed by atoms with E-state index in [1.54, 1.807) is 13.8 Å². The molecular weight excluding hydrogens is 178 g/mol. The Kier molecular flexibility index (Phi) is 2.38. The van der Waals surface area contributed by atoms with Crippen molar-refractivity contribution in [1.82, 2.24) is 9.78 Å². The van der Waals surface area contributed by atoms with E-state index in [1.165, 1.54) is 4.68 Å². The second-order valence-corrected chi connectivity index (χ2v) is 2.99. The molecule has 1 amide bonds. The van der Waals surface area contributed by atoms with Crippen LogP contribution in [0.2, 0.25) is 5.02 Å². The fraction of sp³-hybridized carbons (Fsp3) is 0.429. The molecule has 0 saturated heterocycles. The molecule has 0 radical (unpaired) electrons. The van der Waals surface area contributed by atoms with Crippen molar-refractivity contribution in [2.45, 2.75) is 20.4 Å². The van der Waals surface area contributed by atoms with Gasteiger partial charge in [-0.05, 0) is 13.8 Å². The molecule has 0 fully saturated rings. The number of nitrogens with zero attached hydrogens (tertiary/aromatic N) is 2. The van der Waals surface area contributed by atoms with Crippen molar-refractivity contribution in [1.29, 1.82) is 0 Å². The number of aryl methyl sites for hydroxylation is 1. The summed E-state index contributed by atoms with van der Waals surface area (Å²) in [5.74, 6) is -0.419. The molecule has 0 bridgehead atoms. The van der Waals surface area contributed by atoms with Crippen molar-refractivity contribution in [2.75, 3.05) is 0 Å². The number of halogens is 1. The summed E-state index contributed by atoms with van der Waals surface area (Å²) in [5, 5.41) is 4.63. The summed E-state index contributed by atoms with van der Waals surface area (Å²) in [7, 11) is 0. The first-order valence-corrected chi connectivity index (χ1v) is 3.88. The Morgan fingerprint density at radius 1 is 1.67 bits per heavy atom. The van der Waals surface area contributed by atoms with Gasteiger partial charge in [0.05, 0.1) is 16.4 Å². The number of nitrogens with two attached hydrogens (primary N) is 1. The smallest absolute Gasteiger partial charge is 0.239 e. The van der Waals surface area contributed by atoms with Gasteiger partial charge in [0, 0.05) is 0 Å². The predicted molar refractivity (Wildman–Crippen MR) is 45.9 cm³/mol. The van der Waals surface area contributed by atoms with E-state index < -0.39 is 5.91 Å². The zero-order valence-electron chi connectivity index (χ0n) is 6.97. The molecule has 0 aromatic carbocycles. The molecule has 66 valence electrons. The molecule has 4 nitrogen and oxygen atoms in total. The Bertz CT molecular complexity index is 319. The van der Waals surface area contributed by atoms with Crippen molar-refractivity contribution < 1.29 is 4.79 Å². The Labute approximate surface area is 75.3 Å². The maximum absolute atomic E-state index is 10.6. The standard InChI is InChI=1S/C7H10ClN3O/c1-4-7(8)5(2)11(10-4)3-6(9)12/h3H2,1-2H3,(H2,9,12). The van der Waals surface area contributed by atoms with Gasteiger partial charge in [0.1, 0.15) is 6.54 Å². The molecule has 0 aliphatic carbocycles. The van der Waals surface area contributed by atoms with Crippen molar-refractivity contribution in [2.24, 2.45) is 5.73 Å². The Hall–Kier alpha value is -1.03. The van der Waals surface area contributed by atoms with Crippen LogP contribution >= 0.6 is 11.6 Å². The Morgan fingerprint density at radius 3 is 2.58 bits per heavy atom. The third kappa shape index (κ3) is 1.58. The summed E-state index contributed by atoms with van der Waals surface area (Å²) in [4.78, 5) is 10.6. The monoisotopic (exact) mass is 187 g/mol. The molecule has 0 spiro atoms. The van der Waals surface area contributed by atoms with Gasteiger partial charge in [-0.2, -0.15) is 5.10 Å². The first kappa shape index (κ1) is 9.06. The van der Waals surface area contributed by atoms with Gasteiger partial charge < -0.3 is 5.73 Å². The highest BCUT2D eigenvalue weighted by molar-refractivity contribution is 6.31. The van der Waals surface area contributed by atoms with Crippen molar-refractivity contribution in [3.05, 3.63) is 16.4 Å². The third-order valence-corrected chi connectivity index (χ3v) is 2.15. The Morgan fingerprint density at radius 2 is 2.25 bits per heavy atom. The highest BCUT2D eigenvalue weighted by Crippen LogP contribution is 2.18. The minimum absolute atomic E-state index is 0.0827. The first-order valence-electron chi connectivity index (χ1n) is 3.50. The van der Waals surface area contributed by atoms with Crippen LogP contribution in [-0.2, 0) is 11.3 Å². The number of hydrogen-bond acceptors (Lipinski definition) is 2. The molecule has 5 heteroatoms. The number of rotatable bonds is 2. The first-order chi connectivity index (χ1) is 5.52. The SMILES string of the molecule is Cc1nn(CC(N)=O)c(C)c1Cl. The summed E-state index contributed by atoms with van der Waals surface area (Å²) in [6, 6.07) is 0. The van der Waals surface area contributed by atoms with E-state index in [4.69, 9.17) is 17.3 Å². The molecule has 0 aliphatic heterocycles. The van der Waals surface area contributed by atoms with Crippen LogP contribution in [0.15, 0.2) is 0 Å². The fourth-order valence-electron chi connectivity index (χ4n) is 0.977. The van der Waals surface area contributed by atoms with Crippen molar-refractivity contribution in [3.63, 3.8) is 0 Å². The zero-order chi connectivity index (χ0) is 9.30. The summed E-state index contributed by atoms with van der Waals surface area (Å²) in [6.45, 7) is 3.66. The average molecular weight is 188 g/mol. The van der Waals surface area contributed by atoms with Crippen LogP contribution in [0.4, 0.5) is 0 Å². The molecule has 0 aliphatic rings. The van der Waals surface area contributed by atoms with E-state index in [9.17, 15) is 4.79 Å². The number of carbonyl (C=O) groups is 1. The quantitative estimate of drug-likeness (QED) is 0.739. The maximum atomic E-state index is 10.6. The second kappa shape index (κ2) is 3.15. The number of hydrogen-bond donors (Lipinski definition) is 1. The van der Waals surface area contributed by atoms with Gasteiger partial charge in [0.15, 0.2) is 0 Å². The van der Waals surface area contributed by atoms with Crippen molar-refractivity contribution >= 4 is 17.5 Å². The number of aromatic nitrogens is 2.